The number of benzene rings is 1. The van der Waals surface area contributed by atoms with Gasteiger partial charge in [0.05, 0.1) is 17.1 Å². The molecule has 18 heavy (non-hydrogen) atoms. The number of hydrogen-bond acceptors (Lipinski definition) is 4. The number of esters is 1. The van der Waals surface area contributed by atoms with Crippen LogP contribution in [0.4, 0.5) is 0 Å². The van der Waals surface area contributed by atoms with Gasteiger partial charge in [-0.25, -0.2) is 4.79 Å². The second-order valence-electron chi connectivity index (χ2n) is 3.30. The quantitative estimate of drug-likeness (QED) is 0.741. The smallest absolute Gasteiger partial charge is 0.340 e. The summed E-state index contributed by atoms with van der Waals surface area (Å²) in [6.07, 6.45) is 0. The van der Waals surface area contributed by atoms with Crippen molar-refractivity contribution in [1.82, 2.24) is 5.32 Å². The molecular formula is C11H11ClN2O4. The Hall–Kier alpha value is -2.08. The third-order valence-corrected chi connectivity index (χ3v) is 2.22. The highest BCUT2D eigenvalue weighted by molar-refractivity contribution is 6.33. The number of carbonyl (C=O) groups excluding carboxylic acids is 3. The molecule has 1 rings (SSSR count). The predicted molar refractivity (Wildman–Crippen MR) is 63.9 cm³/mol. The third-order valence-electron chi connectivity index (χ3n) is 1.89. The standard InChI is InChI=1S/C11H11ClN2O4/c12-8-4-2-1-3-7(8)11(17)18-6-10(16)14-5-9(13)15/h1-4H,5-6H2,(H2,13,15)(H,14,16). The second kappa shape index (κ2) is 6.61. The maximum atomic E-state index is 11.5. The topological polar surface area (TPSA) is 98.5 Å². The van der Waals surface area contributed by atoms with E-state index >= 15 is 0 Å². The van der Waals surface area contributed by atoms with E-state index in [0.717, 1.165) is 0 Å². The van der Waals surface area contributed by atoms with Gasteiger partial charge in [0, 0.05) is 0 Å². The van der Waals surface area contributed by atoms with Crippen LogP contribution in [-0.4, -0.2) is 30.9 Å². The fourth-order valence-corrected chi connectivity index (χ4v) is 1.29. The number of rotatable bonds is 5. The number of nitrogens with one attached hydrogen (secondary N) is 1. The predicted octanol–water partition coefficient (Wildman–Crippen LogP) is 0.0983. The Kier molecular flexibility index (Phi) is 5.13. The summed E-state index contributed by atoms with van der Waals surface area (Å²) in [6, 6.07) is 6.30. The molecule has 0 unspecified atom stereocenters. The summed E-state index contributed by atoms with van der Waals surface area (Å²) in [5.74, 6) is -2.01. The van der Waals surface area contributed by atoms with Crippen LogP contribution in [0.1, 0.15) is 10.4 Å². The lowest BCUT2D eigenvalue weighted by Crippen LogP contribution is -2.36. The van der Waals surface area contributed by atoms with Gasteiger partial charge >= 0.3 is 5.97 Å². The molecule has 3 N–H and O–H groups in total. The van der Waals surface area contributed by atoms with E-state index in [4.69, 9.17) is 22.1 Å². The Morgan fingerprint density at radius 1 is 1.28 bits per heavy atom. The molecule has 7 heteroatoms. The monoisotopic (exact) mass is 270 g/mol. The van der Waals surface area contributed by atoms with E-state index in [0.29, 0.717) is 0 Å². The maximum Gasteiger partial charge on any atom is 0.340 e. The molecule has 0 aliphatic heterocycles. The average molecular weight is 271 g/mol. The fourth-order valence-electron chi connectivity index (χ4n) is 1.07. The van der Waals surface area contributed by atoms with Crippen LogP contribution in [0.3, 0.4) is 0 Å². The summed E-state index contributed by atoms with van der Waals surface area (Å²) in [5, 5.41) is 2.42. The van der Waals surface area contributed by atoms with Gasteiger partial charge in [-0.05, 0) is 12.1 Å². The molecule has 0 saturated carbocycles. The highest BCUT2D eigenvalue weighted by Crippen LogP contribution is 2.15. The molecular weight excluding hydrogens is 260 g/mol. The lowest BCUT2D eigenvalue weighted by atomic mass is 10.2. The molecule has 0 bridgehead atoms. The van der Waals surface area contributed by atoms with Crippen molar-refractivity contribution in [1.29, 1.82) is 0 Å². The molecule has 0 heterocycles. The zero-order valence-corrected chi connectivity index (χ0v) is 10.1. The minimum absolute atomic E-state index is 0.168. The molecule has 2 amide bonds. The minimum Gasteiger partial charge on any atom is -0.452 e. The van der Waals surface area contributed by atoms with Gasteiger partial charge < -0.3 is 15.8 Å². The van der Waals surface area contributed by atoms with Crippen LogP contribution in [0.25, 0.3) is 0 Å². The Labute approximate surface area is 108 Å². The zero-order chi connectivity index (χ0) is 13.5. The van der Waals surface area contributed by atoms with Crippen molar-refractivity contribution < 1.29 is 19.1 Å². The summed E-state index contributed by atoms with van der Waals surface area (Å²) in [7, 11) is 0. The SMILES string of the molecule is NC(=O)CNC(=O)COC(=O)c1ccccc1Cl. The first-order valence-corrected chi connectivity index (χ1v) is 5.35. The molecule has 0 fully saturated rings. The van der Waals surface area contributed by atoms with Crippen molar-refractivity contribution in [2.24, 2.45) is 5.73 Å². The highest BCUT2D eigenvalue weighted by atomic mass is 35.5. The summed E-state index contributed by atoms with van der Waals surface area (Å²) >= 11 is 5.77. The summed E-state index contributed by atoms with van der Waals surface area (Å²) < 4.78 is 4.72. The lowest BCUT2D eigenvalue weighted by Gasteiger charge is -2.06. The van der Waals surface area contributed by atoms with Crippen molar-refractivity contribution in [3.05, 3.63) is 34.9 Å². The number of hydrogen-bond donors (Lipinski definition) is 2. The van der Waals surface area contributed by atoms with Crippen LogP contribution in [0.2, 0.25) is 5.02 Å². The Morgan fingerprint density at radius 3 is 2.56 bits per heavy atom. The maximum absolute atomic E-state index is 11.5. The van der Waals surface area contributed by atoms with E-state index in [9.17, 15) is 14.4 Å². The largest absolute Gasteiger partial charge is 0.452 e. The average Bonchev–Trinajstić information content (AvgIpc) is 2.34. The number of carbonyl (C=O) groups is 3. The Balaban J connectivity index is 2.45. The van der Waals surface area contributed by atoms with Crippen LogP contribution in [0.15, 0.2) is 24.3 Å². The van der Waals surface area contributed by atoms with Crippen molar-refractivity contribution >= 4 is 29.4 Å². The van der Waals surface area contributed by atoms with Crippen LogP contribution >= 0.6 is 11.6 Å². The van der Waals surface area contributed by atoms with Gasteiger partial charge in [-0.1, -0.05) is 23.7 Å². The first-order valence-electron chi connectivity index (χ1n) is 4.97. The van der Waals surface area contributed by atoms with E-state index in [1.165, 1.54) is 12.1 Å². The van der Waals surface area contributed by atoms with E-state index in [-0.39, 0.29) is 17.1 Å². The molecule has 1 aromatic rings. The summed E-state index contributed by atoms with van der Waals surface area (Å²) in [5.41, 5.74) is 5.00. The van der Waals surface area contributed by atoms with Crippen molar-refractivity contribution in [3.63, 3.8) is 0 Å². The van der Waals surface area contributed by atoms with Crippen LogP contribution < -0.4 is 11.1 Å². The lowest BCUT2D eigenvalue weighted by molar-refractivity contribution is -0.127. The molecule has 0 aliphatic rings. The van der Waals surface area contributed by atoms with Crippen molar-refractivity contribution in [3.8, 4) is 0 Å². The van der Waals surface area contributed by atoms with E-state index in [1.54, 1.807) is 12.1 Å². The van der Waals surface area contributed by atoms with Gasteiger partial charge in [-0.2, -0.15) is 0 Å². The summed E-state index contributed by atoms with van der Waals surface area (Å²) in [4.78, 5) is 33.1. The first-order chi connectivity index (χ1) is 8.50. The van der Waals surface area contributed by atoms with Gasteiger partial charge in [0.15, 0.2) is 6.61 Å². The molecule has 0 spiro atoms. The molecule has 0 aliphatic carbocycles. The van der Waals surface area contributed by atoms with E-state index < -0.39 is 24.4 Å². The van der Waals surface area contributed by atoms with Gasteiger partial charge in [0.25, 0.3) is 5.91 Å². The van der Waals surface area contributed by atoms with Crippen molar-refractivity contribution in [2.45, 2.75) is 0 Å². The number of ether oxygens (including phenoxy) is 1. The second-order valence-corrected chi connectivity index (χ2v) is 3.71. The molecule has 0 aromatic heterocycles. The molecule has 0 radical (unpaired) electrons. The first kappa shape index (κ1) is 14.0. The number of amides is 2. The van der Waals surface area contributed by atoms with Crippen LogP contribution in [-0.2, 0) is 14.3 Å². The molecule has 1 aromatic carbocycles. The van der Waals surface area contributed by atoms with Crippen LogP contribution in [0.5, 0.6) is 0 Å². The summed E-state index contributed by atoms with van der Waals surface area (Å²) in [6.45, 7) is -0.806. The minimum atomic E-state index is -0.713. The van der Waals surface area contributed by atoms with Crippen LogP contribution in [0, 0.1) is 0 Å². The van der Waals surface area contributed by atoms with Crippen molar-refractivity contribution in [2.75, 3.05) is 13.2 Å². The van der Waals surface area contributed by atoms with E-state index in [2.05, 4.69) is 5.32 Å². The molecule has 6 nitrogen and oxygen atoms in total. The molecule has 0 atom stereocenters. The Morgan fingerprint density at radius 2 is 1.94 bits per heavy atom. The van der Waals surface area contributed by atoms with Gasteiger partial charge in [-0.3, -0.25) is 9.59 Å². The zero-order valence-electron chi connectivity index (χ0n) is 9.31. The fraction of sp³-hybridized carbons (Fsp3) is 0.182. The Bertz CT molecular complexity index is 476. The van der Waals surface area contributed by atoms with Gasteiger partial charge in [0.1, 0.15) is 0 Å². The normalized spacial score (nSPS) is 9.61. The van der Waals surface area contributed by atoms with E-state index in [1.807, 2.05) is 0 Å². The molecule has 96 valence electrons. The van der Waals surface area contributed by atoms with Gasteiger partial charge in [0.2, 0.25) is 5.91 Å². The number of halogens is 1. The number of nitrogens with two attached hydrogens (primary N) is 1. The number of primary amides is 1. The molecule has 0 saturated heterocycles. The highest BCUT2D eigenvalue weighted by Gasteiger charge is 2.13. The van der Waals surface area contributed by atoms with Gasteiger partial charge in [-0.15, -0.1) is 0 Å². The third kappa shape index (κ3) is 4.42.